The largest absolute Gasteiger partial charge is 0.289 e. The second-order valence-electron chi connectivity index (χ2n) is 12.1. The van der Waals surface area contributed by atoms with Gasteiger partial charge in [0.25, 0.3) is 0 Å². The van der Waals surface area contributed by atoms with Gasteiger partial charge < -0.3 is 0 Å². The first-order valence-electron chi connectivity index (χ1n) is 15.9. The molecular formula is C43H42O4S2. The molecule has 6 heteroatoms. The van der Waals surface area contributed by atoms with E-state index in [4.69, 9.17) is 0 Å². The van der Waals surface area contributed by atoms with E-state index in [0.29, 0.717) is 9.79 Å². The summed E-state index contributed by atoms with van der Waals surface area (Å²) in [5.74, 6) is 0.0833. The van der Waals surface area contributed by atoms with Crippen molar-refractivity contribution >= 4 is 26.4 Å². The topological polar surface area (TPSA) is 68.3 Å². The molecule has 0 aliphatic carbocycles. The first kappa shape index (κ1) is 36.9. The highest BCUT2D eigenvalue weighted by Crippen LogP contribution is 2.21. The molecule has 0 bridgehead atoms. The lowest BCUT2D eigenvalue weighted by molar-refractivity contribution is 0.103. The van der Waals surface area contributed by atoms with Crippen LogP contribution in [0.2, 0.25) is 0 Å². The first-order chi connectivity index (χ1) is 23.3. The maximum Gasteiger partial charge on any atom is 0.206 e. The van der Waals surface area contributed by atoms with Crippen LogP contribution in [0, 0.1) is 41.5 Å². The number of sulfone groups is 1. The average molecular weight is 687 g/mol. The lowest BCUT2D eigenvalue weighted by atomic mass is 10.0. The maximum atomic E-state index is 12.3. The molecular weight excluding hydrogens is 645 g/mol. The smallest absolute Gasteiger partial charge is 0.206 e. The van der Waals surface area contributed by atoms with E-state index in [0.717, 1.165) is 32.0 Å². The molecule has 0 amide bonds. The van der Waals surface area contributed by atoms with Crippen molar-refractivity contribution in [1.29, 1.82) is 0 Å². The molecule has 0 aromatic heterocycles. The monoisotopic (exact) mass is 686 g/mol. The van der Waals surface area contributed by atoms with Gasteiger partial charge in [-0.05, 0) is 90.1 Å². The van der Waals surface area contributed by atoms with Gasteiger partial charge in [0, 0.05) is 20.9 Å². The van der Waals surface area contributed by atoms with Crippen molar-refractivity contribution < 1.29 is 17.4 Å². The van der Waals surface area contributed by atoms with Crippen LogP contribution in [0.25, 0.3) is 0 Å². The molecule has 6 aromatic carbocycles. The van der Waals surface area contributed by atoms with E-state index >= 15 is 0 Å². The Balaban J connectivity index is 0.000000166. The minimum Gasteiger partial charge on any atom is -0.289 e. The molecule has 6 aromatic rings. The standard InChI is InChI=1S/C15H14O.C14H14O2S.C14H14OS/c1-11-3-7-13(8-4-11)15(16)14-9-5-12(2)6-10-14;1-11-3-7-13(8-4-11)17(15,16)14-9-5-12(2)6-10-14;1-11-3-7-13(8-4-11)16(15)14-9-5-12(2)6-10-14/h3-10H,1-2H3;3-10H,1-2H3;3-10H,1-2H3. The molecule has 0 N–H and O–H groups in total. The predicted molar refractivity (Wildman–Crippen MR) is 201 cm³/mol. The molecule has 4 nitrogen and oxygen atoms in total. The summed E-state index contributed by atoms with van der Waals surface area (Å²) in [5, 5.41) is 0. The van der Waals surface area contributed by atoms with Gasteiger partial charge in [0.2, 0.25) is 9.84 Å². The summed E-state index contributed by atoms with van der Waals surface area (Å²) in [6.07, 6.45) is 0. The van der Waals surface area contributed by atoms with E-state index in [1.165, 1.54) is 22.3 Å². The quantitative estimate of drug-likeness (QED) is 0.164. The fraction of sp³-hybridized carbons (Fsp3) is 0.140. The van der Waals surface area contributed by atoms with Gasteiger partial charge in [0.1, 0.15) is 0 Å². The highest BCUT2D eigenvalue weighted by atomic mass is 32.2. The Morgan fingerprint density at radius 3 is 0.878 bits per heavy atom. The Morgan fingerprint density at radius 1 is 0.388 bits per heavy atom. The zero-order valence-corrected chi connectivity index (χ0v) is 30.4. The molecule has 0 saturated carbocycles. The molecule has 0 aliphatic rings. The van der Waals surface area contributed by atoms with Gasteiger partial charge in [0.05, 0.1) is 20.6 Å². The van der Waals surface area contributed by atoms with E-state index in [2.05, 4.69) is 0 Å². The number of carbonyl (C=O) groups is 1. The maximum absolute atomic E-state index is 12.3. The van der Waals surface area contributed by atoms with E-state index in [1.807, 2.05) is 139 Å². The summed E-state index contributed by atoms with van der Waals surface area (Å²) < 4.78 is 36.7. The number of aryl methyl sites for hydroxylation is 6. The molecule has 6 rings (SSSR count). The molecule has 49 heavy (non-hydrogen) atoms. The third-order valence-electron chi connectivity index (χ3n) is 7.76. The Bertz CT molecular complexity index is 1850. The molecule has 0 aliphatic heterocycles. The highest BCUT2D eigenvalue weighted by molar-refractivity contribution is 7.91. The van der Waals surface area contributed by atoms with E-state index in [1.54, 1.807) is 48.5 Å². The number of benzene rings is 6. The van der Waals surface area contributed by atoms with Gasteiger partial charge in [-0.15, -0.1) is 0 Å². The van der Waals surface area contributed by atoms with Gasteiger partial charge >= 0.3 is 0 Å². The van der Waals surface area contributed by atoms with Crippen LogP contribution in [0.15, 0.2) is 165 Å². The lowest BCUT2D eigenvalue weighted by Gasteiger charge is -2.05. The molecule has 0 spiro atoms. The normalized spacial score (nSPS) is 10.8. The van der Waals surface area contributed by atoms with Crippen molar-refractivity contribution in [3.8, 4) is 0 Å². The summed E-state index contributed by atoms with van der Waals surface area (Å²) in [6.45, 7) is 11.9. The van der Waals surface area contributed by atoms with Gasteiger partial charge in [-0.1, -0.05) is 130 Å². The Labute approximate surface area is 293 Å². The van der Waals surface area contributed by atoms with E-state index in [9.17, 15) is 17.4 Å². The summed E-state index contributed by atoms with van der Waals surface area (Å²) in [5.41, 5.74) is 8.29. The lowest BCUT2D eigenvalue weighted by Crippen LogP contribution is -2.01. The molecule has 0 unspecified atom stereocenters. The summed E-state index contributed by atoms with van der Waals surface area (Å²) >= 11 is 0. The predicted octanol–water partition coefficient (Wildman–Crippen LogP) is 10.1. The van der Waals surface area contributed by atoms with Crippen molar-refractivity contribution in [1.82, 2.24) is 0 Å². The zero-order chi connectivity index (χ0) is 35.6. The van der Waals surface area contributed by atoms with Crippen LogP contribution in [-0.2, 0) is 20.6 Å². The molecule has 0 heterocycles. The summed E-state index contributed by atoms with van der Waals surface area (Å²) in [7, 11) is -4.44. The van der Waals surface area contributed by atoms with Gasteiger partial charge in [-0.25, -0.2) is 12.6 Å². The van der Waals surface area contributed by atoms with Crippen LogP contribution in [-0.4, -0.2) is 18.4 Å². The third kappa shape index (κ3) is 10.5. The second-order valence-corrected chi connectivity index (χ2v) is 15.5. The Hall–Kier alpha value is -4.91. The van der Waals surface area contributed by atoms with Gasteiger partial charge in [0.15, 0.2) is 5.78 Å². The Morgan fingerprint density at radius 2 is 0.612 bits per heavy atom. The van der Waals surface area contributed by atoms with Crippen molar-refractivity contribution in [3.63, 3.8) is 0 Å². The minimum absolute atomic E-state index is 0.0833. The van der Waals surface area contributed by atoms with Crippen LogP contribution in [0.3, 0.4) is 0 Å². The first-order valence-corrected chi connectivity index (χ1v) is 18.6. The zero-order valence-electron chi connectivity index (χ0n) is 28.8. The summed E-state index contributed by atoms with van der Waals surface area (Å²) in [6, 6.07) is 44.8. The van der Waals surface area contributed by atoms with Crippen LogP contribution in [0.1, 0.15) is 49.3 Å². The van der Waals surface area contributed by atoms with E-state index in [-0.39, 0.29) is 5.78 Å². The third-order valence-corrected chi connectivity index (χ3v) is 10.9. The molecule has 0 radical (unpaired) electrons. The van der Waals surface area contributed by atoms with Gasteiger partial charge in [-0.3, -0.25) is 4.79 Å². The van der Waals surface area contributed by atoms with Crippen LogP contribution >= 0.6 is 0 Å². The van der Waals surface area contributed by atoms with Crippen molar-refractivity contribution in [2.75, 3.05) is 0 Å². The Kier molecular flexibility index (Phi) is 12.8. The fourth-order valence-electron chi connectivity index (χ4n) is 4.61. The summed E-state index contributed by atoms with van der Waals surface area (Å²) in [4.78, 5) is 14.5. The fourth-order valence-corrected chi connectivity index (χ4v) is 6.91. The average Bonchev–Trinajstić information content (AvgIpc) is 3.10. The second kappa shape index (κ2) is 17.0. The molecule has 0 saturated heterocycles. The number of hydrogen-bond donors (Lipinski definition) is 0. The van der Waals surface area contributed by atoms with Crippen LogP contribution < -0.4 is 0 Å². The van der Waals surface area contributed by atoms with Crippen molar-refractivity contribution in [2.24, 2.45) is 0 Å². The number of carbonyl (C=O) groups excluding carboxylic acids is 1. The molecule has 0 atom stereocenters. The van der Waals surface area contributed by atoms with Crippen LogP contribution in [0.4, 0.5) is 0 Å². The molecule has 0 fully saturated rings. The SMILES string of the molecule is Cc1ccc(C(=O)c2ccc(C)cc2)cc1.Cc1ccc(S(=O)(=O)c2ccc(C)cc2)cc1.Cc1ccc(S(=O)c2ccc(C)cc2)cc1. The van der Waals surface area contributed by atoms with Crippen LogP contribution in [0.5, 0.6) is 0 Å². The van der Waals surface area contributed by atoms with Crippen molar-refractivity contribution in [3.05, 3.63) is 190 Å². The number of rotatable bonds is 6. The van der Waals surface area contributed by atoms with Crippen molar-refractivity contribution in [2.45, 2.75) is 61.1 Å². The minimum atomic E-state index is -3.37. The molecule has 250 valence electrons. The highest BCUT2D eigenvalue weighted by Gasteiger charge is 2.16. The number of hydrogen-bond acceptors (Lipinski definition) is 4. The van der Waals surface area contributed by atoms with E-state index < -0.39 is 20.6 Å². The number of ketones is 1. The van der Waals surface area contributed by atoms with Gasteiger partial charge in [-0.2, -0.15) is 0 Å².